The Morgan fingerprint density at radius 1 is 1.29 bits per heavy atom. The molecule has 3 rings (SSSR count). The zero-order chi connectivity index (χ0) is 14.8. The van der Waals surface area contributed by atoms with Gasteiger partial charge in [-0.3, -0.25) is 4.79 Å². The fourth-order valence-corrected chi connectivity index (χ4v) is 3.55. The smallest absolute Gasteiger partial charge is 0.252 e. The molecule has 1 atom stereocenters. The van der Waals surface area contributed by atoms with Crippen molar-refractivity contribution in [2.45, 2.75) is 51.0 Å². The van der Waals surface area contributed by atoms with E-state index in [2.05, 4.69) is 4.90 Å². The van der Waals surface area contributed by atoms with E-state index in [0.29, 0.717) is 12.1 Å². The predicted molar refractivity (Wildman–Crippen MR) is 83.4 cm³/mol. The molecule has 5 nitrogen and oxygen atoms in total. The van der Waals surface area contributed by atoms with Gasteiger partial charge in [0, 0.05) is 24.8 Å². The topological polar surface area (TPSA) is 85.2 Å². The Morgan fingerprint density at radius 3 is 2.86 bits per heavy atom. The van der Waals surface area contributed by atoms with Gasteiger partial charge in [-0.05, 0) is 56.6 Å². The van der Waals surface area contributed by atoms with E-state index in [1.54, 1.807) is 0 Å². The molecule has 4 N–H and O–H groups in total. The predicted octanol–water partition coefficient (Wildman–Crippen LogP) is 1.38. The maximum absolute atomic E-state index is 11.9. The summed E-state index contributed by atoms with van der Waals surface area (Å²) in [6.45, 7) is 1.50. The van der Waals surface area contributed by atoms with Crippen LogP contribution >= 0.6 is 0 Å². The van der Waals surface area contributed by atoms with E-state index in [0.717, 1.165) is 43.7 Å². The zero-order valence-electron chi connectivity index (χ0n) is 12.5. The summed E-state index contributed by atoms with van der Waals surface area (Å²) in [6.07, 6.45) is 7.72. The highest BCUT2D eigenvalue weighted by molar-refractivity contribution is 5.98. The lowest BCUT2D eigenvalue weighted by atomic mass is 9.93. The highest BCUT2D eigenvalue weighted by Gasteiger charge is 2.27. The summed E-state index contributed by atoms with van der Waals surface area (Å²) >= 11 is 0. The number of nitrogens with two attached hydrogens (primary N) is 2. The minimum atomic E-state index is -0.382. The van der Waals surface area contributed by atoms with E-state index in [-0.39, 0.29) is 11.9 Å². The Bertz CT molecular complexity index is 543. The lowest BCUT2D eigenvalue weighted by Gasteiger charge is -2.37. The molecule has 2 heterocycles. The summed E-state index contributed by atoms with van der Waals surface area (Å²) in [5, 5.41) is 0. The summed E-state index contributed by atoms with van der Waals surface area (Å²) in [6, 6.07) is 2.24. The molecular formula is C16H24N4O. The van der Waals surface area contributed by atoms with Gasteiger partial charge in [0.15, 0.2) is 0 Å². The van der Waals surface area contributed by atoms with Crippen molar-refractivity contribution in [1.82, 2.24) is 4.98 Å². The van der Waals surface area contributed by atoms with Crippen LogP contribution < -0.4 is 16.4 Å². The van der Waals surface area contributed by atoms with Crippen molar-refractivity contribution in [2.75, 3.05) is 18.0 Å². The number of anilines is 1. The van der Waals surface area contributed by atoms with Gasteiger partial charge >= 0.3 is 0 Å². The molecule has 0 aromatic carbocycles. The molecule has 1 aliphatic heterocycles. The average Bonchev–Trinajstić information content (AvgIpc) is 2.53. The molecule has 1 aromatic rings. The average molecular weight is 288 g/mol. The van der Waals surface area contributed by atoms with Crippen molar-refractivity contribution in [1.29, 1.82) is 0 Å². The van der Waals surface area contributed by atoms with E-state index in [1.807, 2.05) is 6.07 Å². The van der Waals surface area contributed by atoms with E-state index in [4.69, 9.17) is 16.5 Å². The minimum Gasteiger partial charge on any atom is -0.365 e. The third-order valence-electron chi connectivity index (χ3n) is 4.72. The molecule has 114 valence electrons. The number of aryl methyl sites for hydroxylation is 2. The fraction of sp³-hybridized carbons (Fsp3) is 0.625. The third-order valence-corrected chi connectivity index (χ3v) is 4.72. The van der Waals surface area contributed by atoms with Crippen LogP contribution in [0.25, 0.3) is 0 Å². The fourth-order valence-electron chi connectivity index (χ4n) is 3.55. The lowest BCUT2D eigenvalue weighted by Crippen LogP contribution is -2.45. The van der Waals surface area contributed by atoms with E-state index in [9.17, 15) is 4.79 Å². The maximum atomic E-state index is 11.9. The quantitative estimate of drug-likeness (QED) is 0.880. The molecule has 5 heteroatoms. The number of carbonyl (C=O) groups is 1. The van der Waals surface area contributed by atoms with Gasteiger partial charge in [-0.1, -0.05) is 0 Å². The Kier molecular flexibility index (Phi) is 4.10. The van der Waals surface area contributed by atoms with Gasteiger partial charge in [0.1, 0.15) is 5.82 Å². The minimum absolute atomic E-state index is 0.269. The summed E-state index contributed by atoms with van der Waals surface area (Å²) in [5.74, 6) is 0.380. The molecular weight excluding hydrogens is 264 g/mol. The first kappa shape index (κ1) is 14.3. The van der Waals surface area contributed by atoms with Crippen LogP contribution in [0.15, 0.2) is 6.07 Å². The van der Waals surface area contributed by atoms with E-state index < -0.39 is 0 Å². The molecule has 0 saturated carbocycles. The monoisotopic (exact) mass is 288 g/mol. The van der Waals surface area contributed by atoms with Crippen molar-refractivity contribution >= 4 is 11.7 Å². The highest BCUT2D eigenvalue weighted by atomic mass is 16.1. The molecule has 1 aromatic heterocycles. The number of hydrogen-bond acceptors (Lipinski definition) is 4. The van der Waals surface area contributed by atoms with Crippen LogP contribution in [0.4, 0.5) is 5.82 Å². The van der Waals surface area contributed by atoms with Crippen molar-refractivity contribution in [3.63, 3.8) is 0 Å². The van der Waals surface area contributed by atoms with Crippen LogP contribution in [0.1, 0.15) is 53.7 Å². The number of rotatable bonds is 3. The normalized spacial score (nSPS) is 22.0. The van der Waals surface area contributed by atoms with E-state index in [1.165, 1.54) is 24.8 Å². The zero-order valence-corrected chi connectivity index (χ0v) is 12.5. The number of piperidine rings is 1. The molecule has 0 radical (unpaired) electrons. The summed E-state index contributed by atoms with van der Waals surface area (Å²) in [4.78, 5) is 18.9. The summed E-state index contributed by atoms with van der Waals surface area (Å²) in [7, 11) is 0. The number of amides is 1. The van der Waals surface area contributed by atoms with Crippen LogP contribution in [-0.2, 0) is 12.8 Å². The number of primary amides is 1. The molecule has 0 spiro atoms. The Morgan fingerprint density at radius 2 is 2.10 bits per heavy atom. The van der Waals surface area contributed by atoms with Crippen LogP contribution in [0.2, 0.25) is 0 Å². The molecule has 1 unspecified atom stereocenters. The number of pyridine rings is 1. The van der Waals surface area contributed by atoms with Crippen molar-refractivity contribution in [2.24, 2.45) is 11.5 Å². The first-order chi connectivity index (χ1) is 10.2. The Balaban J connectivity index is 2.04. The molecule has 1 fully saturated rings. The van der Waals surface area contributed by atoms with Gasteiger partial charge in [0.05, 0.1) is 5.56 Å². The second-order valence-corrected chi connectivity index (χ2v) is 6.12. The van der Waals surface area contributed by atoms with Crippen molar-refractivity contribution < 1.29 is 4.79 Å². The number of fused-ring (bicyclic) bond motifs is 1. The van der Waals surface area contributed by atoms with Gasteiger partial charge in [-0.15, -0.1) is 0 Å². The number of nitrogens with zero attached hydrogens (tertiary/aromatic N) is 2. The molecule has 0 bridgehead atoms. The highest BCUT2D eigenvalue weighted by Crippen LogP contribution is 2.30. The van der Waals surface area contributed by atoms with Gasteiger partial charge in [0.25, 0.3) is 5.91 Å². The van der Waals surface area contributed by atoms with Gasteiger partial charge in [-0.2, -0.15) is 0 Å². The lowest BCUT2D eigenvalue weighted by molar-refractivity contribution is 0.1000. The number of aromatic nitrogens is 1. The maximum Gasteiger partial charge on any atom is 0.252 e. The molecule has 2 aliphatic rings. The van der Waals surface area contributed by atoms with Crippen LogP contribution in [0.3, 0.4) is 0 Å². The van der Waals surface area contributed by atoms with E-state index >= 15 is 0 Å². The van der Waals surface area contributed by atoms with Crippen LogP contribution in [0.5, 0.6) is 0 Å². The van der Waals surface area contributed by atoms with Crippen molar-refractivity contribution in [3.8, 4) is 0 Å². The molecule has 1 saturated heterocycles. The van der Waals surface area contributed by atoms with Gasteiger partial charge in [-0.25, -0.2) is 4.98 Å². The first-order valence-corrected chi connectivity index (χ1v) is 8.00. The molecule has 1 aliphatic carbocycles. The van der Waals surface area contributed by atoms with Gasteiger partial charge < -0.3 is 16.4 Å². The van der Waals surface area contributed by atoms with Gasteiger partial charge in [0.2, 0.25) is 0 Å². The summed E-state index contributed by atoms with van der Waals surface area (Å²) < 4.78 is 0. The van der Waals surface area contributed by atoms with Crippen LogP contribution in [0, 0.1) is 0 Å². The SMILES string of the molecule is NCC1CCCCN1c1nc2c(cc1C(N)=O)CCCC2. The Labute approximate surface area is 125 Å². The van der Waals surface area contributed by atoms with Crippen LogP contribution in [-0.4, -0.2) is 30.0 Å². The molecule has 1 amide bonds. The second kappa shape index (κ2) is 6.02. The number of carbonyl (C=O) groups excluding carboxylic acids is 1. The largest absolute Gasteiger partial charge is 0.365 e. The standard InChI is InChI=1S/C16H24N4O/c17-10-12-6-3-4-8-20(12)16-13(15(18)21)9-11-5-1-2-7-14(11)19-16/h9,12H,1-8,10,17H2,(H2,18,21). The molecule has 21 heavy (non-hydrogen) atoms. The summed E-state index contributed by atoms with van der Waals surface area (Å²) in [5.41, 5.74) is 14.4. The number of hydrogen-bond donors (Lipinski definition) is 2. The Hall–Kier alpha value is -1.62. The second-order valence-electron chi connectivity index (χ2n) is 6.12. The first-order valence-electron chi connectivity index (χ1n) is 8.00. The third kappa shape index (κ3) is 2.75. The van der Waals surface area contributed by atoms with Crippen molar-refractivity contribution in [3.05, 3.63) is 22.9 Å².